The second-order valence-corrected chi connectivity index (χ2v) is 3.86. The van der Waals surface area contributed by atoms with Crippen LogP contribution in [0, 0.1) is 10.1 Å². The lowest BCUT2D eigenvalue weighted by Crippen LogP contribution is -2.35. The molecule has 7 heteroatoms. The first kappa shape index (κ1) is 13.4. The van der Waals surface area contributed by atoms with Crippen molar-refractivity contribution in [2.75, 3.05) is 6.61 Å². The van der Waals surface area contributed by atoms with E-state index in [2.05, 4.69) is 5.32 Å². The first-order valence-corrected chi connectivity index (χ1v) is 5.19. The van der Waals surface area contributed by atoms with E-state index in [1.165, 1.54) is 18.2 Å². The summed E-state index contributed by atoms with van der Waals surface area (Å²) in [6.45, 7) is 1.33. The highest BCUT2D eigenvalue weighted by molar-refractivity contribution is 6.33. The van der Waals surface area contributed by atoms with E-state index in [0.29, 0.717) is 0 Å². The summed E-state index contributed by atoms with van der Waals surface area (Å²) in [5, 5.41) is 21.9. The number of benzene rings is 1. The fraction of sp³-hybridized carbons (Fsp3) is 0.300. The van der Waals surface area contributed by atoms with Crippen LogP contribution in [0.2, 0.25) is 5.02 Å². The normalized spacial score (nSPS) is 11.9. The highest BCUT2D eigenvalue weighted by Gasteiger charge is 2.24. The molecule has 92 valence electrons. The average molecular weight is 259 g/mol. The molecule has 0 aliphatic carbocycles. The van der Waals surface area contributed by atoms with Crippen LogP contribution >= 0.6 is 11.6 Å². The van der Waals surface area contributed by atoms with E-state index in [1.807, 2.05) is 0 Å². The number of carbonyl (C=O) groups excluding carboxylic acids is 1. The fourth-order valence-electron chi connectivity index (χ4n) is 1.23. The summed E-state index contributed by atoms with van der Waals surface area (Å²) in [5.74, 6) is -0.638. The zero-order valence-corrected chi connectivity index (χ0v) is 9.77. The van der Waals surface area contributed by atoms with Gasteiger partial charge in [0.15, 0.2) is 0 Å². The Hall–Kier alpha value is -1.66. The van der Waals surface area contributed by atoms with E-state index in [9.17, 15) is 14.9 Å². The van der Waals surface area contributed by atoms with Gasteiger partial charge >= 0.3 is 5.69 Å². The number of halogens is 1. The molecule has 0 radical (unpaired) electrons. The maximum absolute atomic E-state index is 11.7. The van der Waals surface area contributed by atoms with Gasteiger partial charge < -0.3 is 10.4 Å². The van der Waals surface area contributed by atoms with Crippen molar-refractivity contribution in [1.29, 1.82) is 0 Å². The van der Waals surface area contributed by atoms with Gasteiger partial charge in [0.25, 0.3) is 5.91 Å². The highest BCUT2D eigenvalue weighted by atomic mass is 35.5. The Labute approximate surface area is 102 Å². The molecular weight excluding hydrogens is 248 g/mol. The average Bonchev–Trinajstić information content (AvgIpc) is 2.27. The number of nitrogens with zero attached hydrogens (tertiary/aromatic N) is 1. The van der Waals surface area contributed by atoms with Crippen molar-refractivity contribution >= 4 is 23.2 Å². The molecule has 0 heterocycles. The first-order chi connectivity index (χ1) is 7.97. The molecule has 0 unspecified atom stereocenters. The number of nitrogens with one attached hydrogen (secondary N) is 1. The van der Waals surface area contributed by atoms with Crippen molar-refractivity contribution < 1.29 is 14.8 Å². The summed E-state index contributed by atoms with van der Waals surface area (Å²) in [7, 11) is 0. The molecule has 6 nitrogen and oxygen atoms in total. The van der Waals surface area contributed by atoms with Gasteiger partial charge in [-0.1, -0.05) is 17.7 Å². The predicted molar refractivity (Wildman–Crippen MR) is 62.1 cm³/mol. The molecule has 0 aliphatic rings. The van der Waals surface area contributed by atoms with Crippen LogP contribution in [-0.4, -0.2) is 28.6 Å². The molecule has 0 aliphatic heterocycles. The summed E-state index contributed by atoms with van der Waals surface area (Å²) < 4.78 is 0. The monoisotopic (exact) mass is 258 g/mol. The third-order valence-corrected chi connectivity index (χ3v) is 2.37. The van der Waals surface area contributed by atoms with Gasteiger partial charge in [0.05, 0.1) is 11.5 Å². The van der Waals surface area contributed by atoms with Crippen LogP contribution in [-0.2, 0) is 0 Å². The Morgan fingerprint density at radius 1 is 1.65 bits per heavy atom. The molecule has 1 rings (SSSR count). The Balaban J connectivity index is 3.09. The maximum Gasteiger partial charge on any atom is 0.300 e. The number of amides is 1. The van der Waals surface area contributed by atoms with Crippen LogP contribution < -0.4 is 5.32 Å². The van der Waals surface area contributed by atoms with Gasteiger partial charge in [0.1, 0.15) is 10.6 Å². The van der Waals surface area contributed by atoms with Gasteiger partial charge in [-0.3, -0.25) is 14.9 Å². The molecule has 0 saturated heterocycles. The maximum atomic E-state index is 11.7. The lowest BCUT2D eigenvalue weighted by molar-refractivity contribution is -0.385. The lowest BCUT2D eigenvalue weighted by atomic mass is 10.1. The summed E-state index contributed by atoms with van der Waals surface area (Å²) in [6, 6.07) is 3.62. The number of hydrogen-bond acceptors (Lipinski definition) is 4. The zero-order valence-electron chi connectivity index (χ0n) is 9.01. The quantitative estimate of drug-likeness (QED) is 0.630. The Morgan fingerprint density at radius 3 is 2.82 bits per heavy atom. The summed E-state index contributed by atoms with van der Waals surface area (Å²) >= 11 is 5.67. The molecule has 17 heavy (non-hydrogen) atoms. The van der Waals surface area contributed by atoms with E-state index in [0.717, 1.165) is 0 Å². The van der Waals surface area contributed by atoms with E-state index in [-0.39, 0.29) is 17.2 Å². The molecule has 0 bridgehead atoms. The van der Waals surface area contributed by atoms with Crippen molar-refractivity contribution in [3.63, 3.8) is 0 Å². The largest absolute Gasteiger partial charge is 0.394 e. The van der Waals surface area contributed by atoms with Gasteiger partial charge in [-0.25, -0.2) is 0 Å². The molecule has 1 aromatic carbocycles. The third kappa shape index (κ3) is 3.15. The van der Waals surface area contributed by atoms with Crippen molar-refractivity contribution in [3.8, 4) is 0 Å². The van der Waals surface area contributed by atoms with Crippen molar-refractivity contribution in [2.45, 2.75) is 13.0 Å². The number of nitro benzene ring substituents is 1. The second kappa shape index (κ2) is 5.60. The van der Waals surface area contributed by atoms with Crippen molar-refractivity contribution in [3.05, 3.63) is 38.9 Å². The van der Waals surface area contributed by atoms with E-state index in [4.69, 9.17) is 16.7 Å². The van der Waals surface area contributed by atoms with Crippen LogP contribution in [0.25, 0.3) is 0 Å². The van der Waals surface area contributed by atoms with Crippen LogP contribution in [0.3, 0.4) is 0 Å². The SMILES string of the molecule is C[C@H](CO)NC(=O)c1cccc(Cl)c1[N+](=O)[O-]. The van der Waals surface area contributed by atoms with Crippen LogP contribution in [0.5, 0.6) is 0 Å². The second-order valence-electron chi connectivity index (χ2n) is 3.45. The van der Waals surface area contributed by atoms with E-state index < -0.39 is 22.6 Å². The zero-order chi connectivity index (χ0) is 13.0. The minimum Gasteiger partial charge on any atom is -0.394 e. The molecular formula is C10H11ClN2O4. The molecule has 0 aromatic heterocycles. The number of aliphatic hydroxyl groups is 1. The number of nitro groups is 1. The summed E-state index contributed by atoms with van der Waals surface area (Å²) in [5.41, 5.74) is -0.556. The number of aliphatic hydroxyl groups excluding tert-OH is 1. The van der Waals surface area contributed by atoms with Crippen LogP contribution in [0.15, 0.2) is 18.2 Å². The minimum absolute atomic E-state index is 0.0979. The van der Waals surface area contributed by atoms with Crippen LogP contribution in [0.4, 0.5) is 5.69 Å². The van der Waals surface area contributed by atoms with Gasteiger partial charge in [0, 0.05) is 6.04 Å². The topological polar surface area (TPSA) is 92.5 Å². The highest BCUT2D eigenvalue weighted by Crippen LogP contribution is 2.27. The minimum atomic E-state index is -0.707. The Bertz CT molecular complexity index is 450. The lowest BCUT2D eigenvalue weighted by Gasteiger charge is -2.11. The molecule has 0 saturated carbocycles. The van der Waals surface area contributed by atoms with E-state index >= 15 is 0 Å². The molecule has 2 N–H and O–H groups in total. The molecule has 1 aromatic rings. The van der Waals surface area contributed by atoms with Crippen molar-refractivity contribution in [2.24, 2.45) is 0 Å². The Kier molecular flexibility index (Phi) is 4.42. The number of carbonyl (C=O) groups is 1. The van der Waals surface area contributed by atoms with Gasteiger partial charge in [-0.15, -0.1) is 0 Å². The van der Waals surface area contributed by atoms with Gasteiger partial charge in [-0.2, -0.15) is 0 Å². The molecule has 0 fully saturated rings. The van der Waals surface area contributed by atoms with Gasteiger partial charge in [-0.05, 0) is 19.1 Å². The van der Waals surface area contributed by atoms with Crippen LogP contribution in [0.1, 0.15) is 17.3 Å². The smallest absolute Gasteiger partial charge is 0.300 e. The fourth-order valence-corrected chi connectivity index (χ4v) is 1.47. The molecule has 1 amide bonds. The third-order valence-electron chi connectivity index (χ3n) is 2.07. The van der Waals surface area contributed by atoms with Gasteiger partial charge in [0.2, 0.25) is 0 Å². The number of hydrogen-bond donors (Lipinski definition) is 2. The predicted octanol–water partition coefficient (Wildman–Crippen LogP) is 1.36. The first-order valence-electron chi connectivity index (χ1n) is 4.82. The number of rotatable bonds is 4. The van der Waals surface area contributed by atoms with Crippen molar-refractivity contribution in [1.82, 2.24) is 5.32 Å². The Morgan fingerprint density at radius 2 is 2.29 bits per heavy atom. The summed E-state index contributed by atoms with van der Waals surface area (Å²) in [6.07, 6.45) is 0. The standard InChI is InChI=1S/C10H11ClN2O4/c1-6(5-14)12-10(15)7-3-2-4-8(11)9(7)13(16)17/h2-4,6,14H,5H2,1H3,(H,12,15)/t6-/m1/s1. The molecule has 0 spiro atoms. The van der Waals surface area contributed by atoms with E-state index in [1.54, 1.807) is 6.92 Å². The number of para-hydroxylation sites is 1. The molecule has 1 atom stereocenters. The summed E-state index contributed by atoms with van der Waals surface area (Å²) in [4.78, 5) is 21.8.